The monoisotopic (exact) mass is 382 g/mol. The first kappa shape index (κ1) is 18.2. The van der Waals surface area contributed by atoms with Crippen molar-refractivity contribution in [3.05, 3.63) is 71.8 Å². The number of halogens is 2. The lowest BCUT2D eigenvalue weighted by molar-refractivity contribution is -0.121. The van der Waals surface area contributed by atoms with Gasteiger partial charge in [-0.3, -0.25) is 9.89 Å². The van der Waals surface area contributed by atoms with Gasteiger partial charge in [0.25, 0.3) is 0 Å². The molecule has 3 aromatic rings. The quantitative estimate of drug-likeness (QED) is 0.712. The Kier molecular flexibility index (Phi) is 5.06. The van der Waals surface area contributed by atoms with E-state index in [1.807, 2.05) is 6.07 Å². The summed E-state index contributed by atoms with van der Waals surface area (Å²) in [5.41, 5.74) is 2.33. The van der Waals surface area contributed by atoms with Crippen molar-refractivity contribution in [2.45, 2.75) is 18.9 Å². The smallest absolute Gasteiger partial charge is 0.224 e. The number of nitrogens with zero attached hydrogens (tertiary/aromatic N) is 2. The van der Waals surface area contributed by atoms with E-state index in [1.54, 1.807) is 24.3 Å². The van der Waals surface area contributed by atoms with Crippen LogP contribution in [0.25, 0.3) is 11.3 Å². The molecule has 28 heavy (non-hydrogen) atoms. The molecule has 5 nitrogen and oxygen atoms in total. The molecule has 1 unspecified atom stereocenters. The van der Waals surface area contributed by atoms with Gasteiger partial charge in [-0.1, -0.05) is 12.1 Å². The molecule has 0 radical (unpaired) electrons. The maximum Gasteiger partial charge on any atom is 0.224 e. The second-order valence-corrected chi connectivity index (χ2v) is 6.95. The lowest BCUT2D eigenvalue weighted by Gasteiger charge is -2.16. The highest BCUT2D eigenvalue weighted by Crippen LogP contribution is 2.24. The summed E-state index contributed by atoms with van der Waals surface area (Å²) in [6.07, 6.45) is 0.971. The molecule has 2 aromatic carbocycles. The standard InChI is InChI=1S/C21H20F2N4O/c22-16-6-4-15(5-7-16)19-12-20(26-25-19)27-9-8-18(13-27)24-21(28)11-14-2-1-3-17(23)10-14/h1-7,10,12,18H,8-9,11,13H2,(H,24,28)(H,25,26). The lowest BCUT2D eigenvalue weighted by atomic mass is 10.1. The average molecular weight is 382 g/mol. The van der Waals surface area contributed by atoms with Gasteiger partial charge < -0.3 is 10.2 Å². The number of benzene rings is 2. The average Bonchev–Trinajstić information content (AvgIpc) is 3.32. The minimum atomic E-state index is -0.340. The Balaban J connectivity index is 1.34. The predicted molar refractivity (Wildman–Crippen MR) is 103 cm³/mol. The van der Waals surface area contributed by atoms with Crippen LogP contribution < -0.4 is 10.2 Å². The van der Waals surface area contributed by atoms with Crippen molar-refractivity contribution in [3.63, 3.8) is 0 Å². The van der Waals surface area contributed by atoms with Gasteiger partial charge in [0.05, 0.1) is 12.1 Å². The van der Waals surface area contributed by atoms with E-state index in [0.29, 0.717) is 12.1 Å². The second kappa shape index (κ2) is 7.80. The molecule has 1 atom stereocenters. The van der Waals surface area contributed by atoms with Crippen molar-refractivity contribution in [2.75, 3.05) is 18.0 Å². The number of amides is 1. The zero-order valence-corrected chi connectivity index (χ0v) is 15.2. The number of aromatic nitrogens is 2. The number of carbonyl (C=O) groups excluding carboxylic acids is 1. The molecule has 0 saturated carbocycles. The summed E-state index contributed by atoms with van der Waals surface area (Å²) in [6.45, 7) is 1.43. The lowest BCUT2D eigenvalue weighted by Crippen LogP contribution is -2.38. The maximum absolute atomic E-state index is 13.2. The predicted octanol–water partition coefficient (Wildman–Crippen LogP) is 3.29. The summed E-state index contributed by atoms with van der Waals surface area (Å²) in [5.74, 6) is 0.0559. The number of hydrogen-bond donors (Lipinski definition) is 2. The minimum Gasteiger partial charge on any atom is -0.353 e. The molecule has 0 bridgehead atoms. The number of carbonyl (C=O) groups is 1. The molecule has 4 rings (SSSR count). The molecule has 1 aliphatic rings. The van der Waals surface area contributed by atoms with E-state index >= 15 is 0 Å². The Hall–Kier alpha value is -3.22. The van der Waals surface area contributed by atoms with Crippen LogP contribution in [0.1, 0.15) is 12.0 Å². The van der Waals surface area contributed by atoms with Crippen molar-refractivity contribution >= 4 is 11.7 Å². The second-order valence-electron chi connectivity index (χ2n) is 6.95. The van der Waals surface area contributed by atoms with Crippen LogP contribution >= 0.6 is 0 Å². The maximum atomic E-state index is 13.2. The zero-order chi connectivity index (χ0) is 19.5. The van der Waals surface area contributed by atoms with Crippen molar-refractivity contribution in [1.29, 1.82) is 0 Å². The molecular formula is C21H20F2N4O. The van der Waals surface area contributed by atoms with Crippen LogP contribution in [-0.4, -0.2) is 35.2 Å². The number of nitrogens with one attached hydrogen (secondary N) is 2. The molecule has 1 saturated heterocycles. The van der Waals surface area contributed by atoms with E-state index in [4.69, 9.17) is 0 Å². The molecule has 1 aromatic heterocycles. The van der Waals surface area contributed by atoms with Crippen molar-refractivity contribution in [3.8, 4) is 11.3 Å². The summed E-state index contributed by atoms with van der Waals surface area (Å²) in [6, 6.07) is 14.2. The molecule has 2 N–H and O–H groups in total. The normalized spacial score (nSPS) is 16.4. The summed E-state index contributed by atoms with van der Waals surface area (Å²) in [5, 5.41) is 10.3. The van der Waals surface area contributed by atoms with Crippen molar-refractivity contribution in [1.82, 2.24) is 15.5 Å². The Morgan fingerprint density at radius 1 is 1.14 bits per heavy atom. The van der Waals surface area contributed by atoms with Crippen molar-refractivity contribution < 1.29 is 13.6 Å². The highest BCUT2D eigenvalue weighted by molar-refractivity contribution is 5.79. The molecule has 0 aliphatic carbocycles. The number of hydrogen-bond acceptors (Lipinski definition) is 3. The highest BCUT2D eigenvalue weighted by Gasteiger charge is 2.25. The van der Waals surface area contributed by atoms with Crippen LogP contribution in [0.5, 0.6) is 0 Å². The topological polar surface area (TPSA) is 61.0 Å². The fourth-order valence-corrected chi connectivity index (χ4v) is 3.45. The summed E-state index contributed by atoms with van der Waals surface area (Å²) in [7, 11) is 0. The van der Waals surface area contributed by atoms with Gasteiger partial charge in [0.15, 0.2) is 5.82 Å². The van der Waals surface area contributed by atoms with Gasteiger partial charge in [-0.15, -0.1) is 0 Å². The van der Waals surface area contributed by atoms with E-state index in [1.165, 1.54) is 24.3 Å². The van der Waals surface area contributed by atoms with Gasteiger partial charge in [-0.2, -0.15) is 5.10 Å². The molecule has 0 spiro atoms. The van der Waals surface area contributed by atoms with Crippen LogP contribution in [0.2, 0.25) is 0 Å². The SMILES string of the molecule is O=C(Cc1cccc(F)c1)NC1CCN(c2cc(-c3ccc(F)cc3)[nH]n2)C1. The summed E-state index contributed by atoms with van der Waals surface area (Å²) >= 11 is 0. The van der Waals surface area contributed by atoms with E-state index in [9.17, 15) is 13.6 Å². The molecule has 1 aliphatic heterocycles. The Bertz CT molecular complexity index is 971. The Morgan fingerprint density at radius 2 is 1.96 bits per heavy atom. The zero-order valence-electron chi connectivity index (χ0n) is 15.2. The molecule has 1 amide bonds. The van der Waals surface area contributed by atoms with Gasteiger partial charge >= 0.3 is 0 Å². The van der Waals surface area contributed by atoms with Crippen LogP contribution in [0.4, 0.5) is 14.6 Å². The number of anilines is 1. The fraction of sp³-hybridized carbons (Fsp3) is 0.238. The molecule has 2 heterocycles. The number of aromatic amines is 1. The van der Waals surface area contributed by atoms with E-state index in [0.717, 1.165) is 30.0 Å². The Morgan fingerprint density at radius 3 is 2.75 bits per heavy atom. The largest absolute Gasteiger partial charge is 0.353 e. The van der Waals surface area contributed by atoms with Gasteiger partial charge in [-0.25, -0.2) is 8.78 Å². The first-order valence-corrected chi connectivity index (χ1v) is 9.17. The van der Waals surface area contributed by atoms with Crippen molar-refractivity contribution in [2.24, 2.45) is 0 Å². The van der Waals surface area contributed by atoms with Gasteiger partial charge in [0.1, 0.15) is 11.6 Å². The third-order valence-corrected chi connectivity index (χ3v) is 4.85. The van der Waals surface area contributed by atoms with Gasteiger partial charge in [-0.05, 0) is 53.9 Å². The van der Waals surface area contributed by atoms with Gasteiger partial charge in [0, 0.05) is 25.2 Å². The molecule has 7 heteroatoms. The van der Waals surface area contributed by atoms with E-state index in [-0.39, 0.29) is 30.0 Å². The fourth-order valence-electron chi connectivity index (χ4n) is 3.45. The van der Waals surface area contributed by atoms with Crippen LogP contribution in [0.15, 0.2) is 54.6 Å². The third-order valence-electron chi connectivity index (χ3n) is 4.85. The van der Waals surface area contributed by atoms with Crippen LogP contribution in [-0.2, 0) is 11.2 Å². The van der Waals surface area contributed by atoms with E-state index in [2.05, 4.69) is 20.4 Å². The van der Waals surface area contributed by atoms with E-state index < -0.39 is 0 Å². The minimum absolute atomic E-state index is 0.0204. The number of rotatable bonds is 5. The first-order chi connectivity index (χ1) is 13.6. The first-order valence-electron chi connectivity index (χ1n) is 9.17. The van der Waals surface area contributed by atoms with Crippen LogP contribution in [0, 0.1) is 11.6 Å². The molecule has 144 valence electrons. The summed E-state index contributed by atoms with van der Waals surface area (Å²) < 4.78 is 26.3. The van der Waals surface area contributed by atoms with Crippen LogP contribution in [0.3, 0.4) is 0 Å². The number of H-pyrrole nitrogens is 1. The summed E-state index contributed by atoms with van der Waals surface area (Å²) in [4.78, 5) is 14.3. The molecular weight excluding hydrogens is 362 g/mol. The highest BCUT2D eigenvalue weighted by atomic mass is 19.1. The Labute approximate surface area is 161 Å². The third kappa shape index (κ3) is 4.19. The van der Waals surface area contributed by atoms with Gasteiger partial charge in [0.2, 0.25) is 5.91 Å². The molecule has 1 fully saturated rings.